The lowest BCUT2D eigenvalue weighted by Gasteiger charge is -2.07. The van der Waals surface area contributed by atoms with E-state index in [-0.39, 0.29) is 18.4 Å². The first-order valence-corrected chi connectivity index (χ1v) is 6.84. The number of hydrogen-bond donors (Lipinski definition) is 2. The van der Waals surface area contributed by atoms with Crippen molar-refractivity contribution in [2.75, 3.05) is 19.0 Å². The summed E-state index contributed by atoms with van der Waals surface area (Å²) in [7, 11) is 1.54. The predicted molar refractivity (Wildman–Crippen MR) is 85.1 cm³/mol. The Hall–Kier alpha value is -3.33. The molecule has 0 spiro atoms. The van der Waals surface area contributed by atoms with Crippen LogP contribution in [0.15, 0.2) is 48.5 Å². The molecule has 2 N–H and O–H groups in total. The molecule has 0 radical (unpaired) electrons. The monoisotopic (exact) mass is 309 g/mol. The molecule has 6 nitrogen and oxygen atoms in total. The molecule has 0 heterocycles. The third-order valence-corrected chi connectivity index (χ3v) is 3.04. The van der Waals surface area contributed by atoms with Crippen LogP contribution < -0.4 is 15.4 Å². The van der Waals surface area contributed by atoms with Gasteiger partial charge < -0.3 is 15.4 Å². The van der Waals surface area contributed by atoms with Gasteiger partial charge in [0.1, 0.15) is 5.75 Å². The molecule has 2 aromatic rings. The molecule has 0 atom stereocenters. The van der Waals surface area contributed by atoms with Crippen molar-refractivity contribution in [3.8, 4) is 11.8 Å². The number of ether oxygens (including phenoxy) is 1. The van der Waals surface area contributed by atoms with Crippen molar-refractivity contribution in [1.29, 1.82) is 5.26 Å². The number of nitriles is 1. The predicted octanol–water partition coefficient (Wildman–Crippen LogP) is 1.94. The van der Waals surface area contributed by atoms with Gasteiger partial charge in [0.15, 0.2) is 0 Å². The van der Waals surface area contributed by atoms with Crippen LogP contribution in [-0.4, -0.2) is 25.5 Å². The fourth-order valence-corrected chi connectivity index (χ4v) is 1.88. The van der Waals surface area contributed by atoms with Crippen molar-refractivity contribution >= 4 is 17.5 Å². The van der Waals surface area contributed by atoms with Gasteiger partial charge in [0.2, 0.25) is 5.91 Å². The number of benzene rings is 2. The average Bonchev–Trinajstić information content (AvgIpc) is 2.60. The summed E-state index contributed by atoms with van der Waals surface area (Å²) in [5, 5.41) is 14.0. The molecule has 0 aliphatic rings. The van der Waals surface area contributed by atoms with Crippen LogP contribution in [0.25, 0.3) is 0 Å². The quantitative estimate of drug-likeness (QED) is 0.883. The van der Waals surface area contributed by atoms with Crippen molar-refractivity contribution in [3.05, 3.63) is 59.7 Å². The van der Waals surface area contributed by atoms with Crippen LogP contribution in [-0.2, 0) is 4.79 Å². The lowest BCUT2D eigenvalue weighted by Crippen LogP contribution is -2.32. The zero-order valence-electron chi connectivity index (χ0n) is 12.5. The number of nitrogens with zero attached hydrogens (tertiary/aromatic N) is 1. The molecular formula is C17H15N3O3. The highest BCUT2D eigenvalue weighted by Gasteiger charge is 2.08. The third-order valence-electron chi connectivity index (χ3n) is 3.04. The van der Waals surface area contributed by atoms with E-state index in [9.17, 15) is 9.59 Å². The number of carbonyl (C=O) groups is 2. The first-order chi connectivity index (χ1) is 11.1. The van der Waals surface area contributed by atoms with Gasteiger partial charge in [-0.3, -0.25) is 9.59 Å². The fourth-order valence-electron chi connectivity index (χ4n) is 1.88. The van der Waals surface area contributed by atoms with Gasteiger partial charge in [-0.25, -0.2) is 0 Å². The lowest BCUT2D eigenvalue weighted by atomic mass is 10.2. The Morgan fingerprint density at radius 1 is 1.17 bits per heavy atom. The molecular weight excluding hydrogens is 294 g/mol. The van der Waals surface area contributed by atoms with Crippen LogP contribution in [0.2, 0.25) is 0 Å². The van der Waals surface area contributed by atoms with E-state index in [1.165, 1.54) is 0 Å². The summed E-state index contributed by atoms with van der Waals surface area (Å²) >= 11 is 0. The summed E-state index contributed by atoms with van der Waals surface area (Å²) in [6, 6.07) is 15.1. The molecule has 0 aliphatic carbocycles. The second-order valence-corrected chi connectivity index (χ2v) is 4.65. The molecule has 23 heavy (non-hydrogen) atoms. The molecule has 0 fully saturated rings. The molecule has 2 amide bonds. The first kappa shape index (κ1) is 16.0. The molecule has 0 saturated carbocycles. The Balaban J connectivity index is 1.88. The van der Waals surface area contributed by atoms with Gasteiger partial charge in [0.25, 0.3) is 5.91 Å². The smallest absolute Gasteiger partial charge is 0.251 e. The topological polar surface area (TPSA) is 91.2 Å². The lowest BCUT2D eigenvalue weighted by molar-refractivity contribution is -0.115. The second-order valence-electron chi connectivity index (χ2n) is 4.65. The summed E-state index contributed by atoms with van der Waals surface area (Å²) in [6.07, 6.45) is 0. The van der Waals surface area contributed by atoms with Gasteiger partial charge in [-0.1, -0.05) is 6.07 Å². The molecule has 0 aromatic heterocycles. The number of nitrogens with one attached hydrogen (secondary N) is 2. The Morgan fingerprint density at radius 3 is 2.57 bits per heavy atom. The highest BCUT2D eigenvalue weighted by Crippen LogP contribution is 2.11. The van der Waals surface area contributed by atoms with E-state index in [0.717, 1.165) is 0 Å². The molecule has 0 aliphatic heterocycles. The van der Waals surface area contributed by atoms with E-state index in [2.05, 4.69) is 10.6 Å². The van der Waals surface area contributed by atoms with Crippen molar-refractivity contribution in [1.82, 2.24) is 5.32 Å². The number of carbonyl (C=O) groups excluding carboxylic acids is 2. The van der Waals surface area contributed by atoms with Crippen molar-refractivity contribution in [3.63, 3.8) is 0 Å². The van der Waals surface area contributed by atoms with Gasteiger partial charge in [-0.05, 0) is 42.5 Å². The van der Waals surface area contributed by atoms with Crippen molar-refractivity contribution < 1.29 is 14.3 Å². The minimum absolute atomic E-state index is 0.165. The minimum atomic E-state index is -0.373. The Labute approximate surface area is 133 Å². The maximum absolute atomic E-state index is 11.9. The molecule has 0 saturated heterocycles. The van der Waals surface area contributed by atoms with E-state index in [0.29, 0.717) is 22.6 Å². The Bertz CT molecular complexity index is 748. The first-order valence-electron chi connectivity index (χ1n) is 6.84. The van der Waals surface area contributed by atoms with E-state index in [1.807, 2.05) is 6.07 Å². The number of amides is 2. The van der Waals surface area contributed by atoms with Gasteiger partial charge in [0, 0.05) is 11.3 Å². The largest absolute Gasteiger partial charge is 0.497 e. The third kappa shape index (κ3) is 4.58. The van der Waals surface area contributed by atoms with Gasteiger partial charge in [-0.2, -0.15) is 5.26 Å². The summed E-state index contributed by atoms with van der Waals surface area (Å²) in [4.78, 5) is 23.7. The van der Waals surface area contributed by atoms with Crippen LogP contribution in [0.4, 0.5) is 5.69 Å². The van der Waals surface area contributed by atoms with Crippen molar-refractivity contribution in [2.24, 2.45) is 0 Å². The van der Waals surface area contributed by atoms with Crippen LogP contribution in [0.1, 0.15) is 15.9 Å². The van der Waals surface area contributed by atoms with E-state index >= 15 is 0 Å². The molecule has 2 rings (SSSR count). The van der Waals surface area contributed by atoms with Crippen LogP contribution in [0.5, 0.6) is 5.75 Å². The van der Waals surface area contributed by atoms with E-state index in [4.69, 9.17) is 10.00 Å². The van der Waals surface area contributed by atoms with Gasteiger partial charge in [0.05, 0.1) is 25.3 Å². The van der Waals surface area contributed by atoms with Crippen molar-refractivity contribution in [2.45, 2.75) is 0 Å². The Kier molecular flexibility index (Phi) is 5.31. The molecule has 0 unspecified atom stereocenters. The maximum Gasteiger partial charge on any atom is 0.251 e. The number of rotatable bonds is 5. The van der Waals surface area contributed by atoms with E-state index in [1.54, 1.807) is 55.6 Å². The molecule has 116 valence electrons. The zero-order chi connectivity index (χ0) is 16.7. The SMILES string of the molecule is COc1ccc(C(=O)NCC(=O)Nc2cccc(C#N)c2)cc1. The second kappa shape index (κ2) is 7.61. The summed E-state index contributed by atoms with van der Waals surface area (Å²) in [6.45, 7) is -0.165. The number of methoxy groups -OCH3 is 1. The number of anilines is 1. The molecule has 6 heteroatoms. The summed E-state index contributed by atoms with van der Waals surface area (Å²) < 4.78 is 5.01. The minimum Gasteiger partial charge on any atom is -0.497 e. The number of hydrogen-bond acceptors (Lipinski definition) is 4. The average molecular weight is 309 g/mol. The maximum atomic E-state index is 11.9. The van der Waals surface area contributed by atoms with Crippen LogP contribution in [0.3, 0.4) is 0 Å². The van der Waals surface area contributed by atoms with Crippen LogP contribution in [0, 0.1) is 11.3 Å². The van der Waals surface area contributed by atoms with Gasteiger partial charge >= 0.3 is 0 Å². The standard InChI is InChI=1S/C17H15N3O3/c1-23-15-7-5-13(6-8-15)17(22)19-11-16(21)20-14-4-2-3-12(9-14)10-18/h2-9H,11H2,1H3,(H,19,22)(H,20,21). The van der Waals surface area contributed by atoms with E-state index < -0.39 is 0 Å². The van der Waals surface area contributed by atoms with Crippen LogP contribution >= 0.6 is 0 Å². The summed E-state index contributed by atoms with van der Waals surface area (Å²) in [5.74, 6) is -0.0767. The highest BCUT2D eigenvalue weighted by molar-refractivity contribution is 5.99. The normalized spacial score (nSPS) is 9.57. The highest BCUT2D eigenvalue weighted by atomic mass is 16.5. The van der Waals surface area contributed by atoms with Gasteiger partial charge in [-0.15, -0.1) is 0 Å². The zero-order valence-corrected chi connectivity index (χ0v) is 12.5. The summed E-state index contributed by atoms with van der Waals surface area (Å²) in [5.41, 5.74) is 1.39. The molecule has 2 aromatic carbocycles. The fraction of sp³-hybridized carbons (Fsp3) is 0.118. The molecule has 0 bridgehead atoms. The Morgan fingerprint density at radius 2 is 1.91 bits per heavy atom.